The van der Waals surface area contributed by atoms with Gasteiger partial charge in [-0.3, -0.25) is 4.79 Å². The number of pyridine rings is 1. The number of anilines is 1. The van der Waals surface area contributed by atoms with E-state index in [1.807, 2.05) is 13.8 Å². The van der Waals surface area contributed by atoms with Crippen molar-refractivity contribution in [3.63, 3.8) is 0 Å². The molecular weight excluding hydrogens is 381 g/mol. The molecule has 1 heterocycles. The molecule has 0 radical (unpaired) electrons. The van der Waals surface area contributed by atoms with Gasteiger partial charge in [-0.05, 0) is 38.1 Å². The molecule has 0 saturated heterocycles. The van der Waals surface area contributed by atoms with E-state index in [9.17, 15) is 18.0 Å². The van der Waals surface area contributed by atoms with Crippen molar-refractivity contribution in [3.05, 3.63) is 42.1 Å². The number of carbonyl (C=O) groups is 1. The van der Waals surface area contributed by atoms with Crippen molar-refractivity contribution < 1.29 is 27.4 Å². The lowest BCUT2D eigenvalue weighted by Crippen LogP contribution is -2.14. The fourth-order valence-corrected chi connectivity index (χ4v) is 2.74. The number of thioether (sulfide) groups is 1. The van der Waals surface area contributed by atoms with E-state index in [1.165, 1.54) is 6.07 Å². The molecule has 2 aromatic rings. The molecular formula is C18H19F3N2O3S. The summed E-state index contributed by atoms with van der Waals surface area (Å²) in [6, 6.07) is 7.23. The van der Waals surface area contributed by atoms with Gasteiger partial charge in [0.25, 0.3) is 0 Å². The number of hydrogen-bond acceptors (Lipinski definition) is 5. The Morgan fingerprint density at radius 3 is 2.41 bits per heavy atom. The van der Waals surface area contributed by atoms with Crippen molar-refractivity contribution in [2.24, 2.45) is 0 Å². The van der Waals surface area contributed by atoms with Crippen LogP contribution in [0.3, 0.4) is 0 Å². The van der Waals surface area contributed by atoms with Gasteiger partial charge in [0.05, 0.1) is 29.6 Å². The van der Waals surface area contributed by atoms with Gasteiger partial charge in [0.15, 0.2) is 11.5 Å². The second-order valence-electron chi connectivity index (χ2n) is 5.25. The predicted octanol–water partition coefficient (Wildman–Crippen LogP) is 4.63. The van der Waals surface area contributed by atoms with Gasteiger partial charge in [-0.1, -0.05) is 11.8 Å². The number of amides is 1. The van der Waals surface area contributed by atoms with Crippen molar-refractivity contribution in [1.82, 2.24) is 4.98 Å². The molecule has 9 heteroatoms. The Balaban J connectivity index is 1.94. The summed E-state index contributed by atoms with van der Waals surface area (Å²) in [6.45, 7) is 4.64. The zero-order valence-electron chi connectivity index (χ0n) is 14.8. The number of aromatic nitrogens is 1. The molecule has 0 aliphatic carbocycles. The molecule has 1 amide bonds. The summed E-state index contributed by atoms with van der Waals surface area (Å²) in [5.41, 5.74) is -0.290. The molecule has 0 fully saturated rings. The second-order valence-corrected chi connectivity index (χ2v) is 6.24. The maximum Gasteiger partial charge on any atom is 0.417 e. The number of rotatable bonds is 8. The van der Waals surface area contributed by atoms with Crippen LogP contribution in [-0.2, 0) is 11.0 Å². The Morgan fingerprint density at radius 2 is 1.81 bits per heavy atom. The average Bonchev–Trinajstić information content (AvgIpc) is 2.62. The van der Waals surface area contributed by atoms with Gasteiger partial charge in [-0.2, -0.15) is 13.2 Å². The molecule has 1 aromatic heterocycles. The molecule has 146 valence electrons. The van der Waals surface area contributed by atoms with Crippen LogP contribution in [0, 0.1) is 0 Å². The Hall–Kier alpha value is -2.42. The summed E-state index contributed by atoms with van der Waals surface area (Å²) in [5.74, 6) is 0.804. The fraction of sp³-hybridized carbons (Fsp3) is 0.333. The Morgan fingerprint density at radius 1 is 1.11 bits per heavy atom. The summed E-state index contributed by atoms with van der Waals surface area (Å²) in [5, 5.41) is 3.05. The SMILES string of the molecule is CCOc1ccc(NC(=O)CSc2ccc(C(F)(F)F)cn2)cc1OCC. The predicted molar refractivity (Wildman–Crippen MR) is 97.4 cm³/mol. The molecule has 0 spiro atoms. The van der Waals surface area contributed by atoms with Crippen molar-refractivity contribution >= 4 is 23.4 Å². The van der Waals surface area contributed by atoms with E-state index >= 15 is 0 Å². The fourth-order valence-electron chi connectivity index (χ4n) is 2.10. The molecule has 0 unspecified atom stereocenters. The lowest BCUT2D eigenvalue weighted by atomic mass is 10.2. The van der Waals surface area contributed by atoms with Crippen LogP contribution in [0.5, 0.6) is 11.5 Å². The normalized spacial score (nSPS) is 11.1. The van der Waals surface area contributed by atoms with Crippen LogP contribution in [0.2, 0.25) is 0 Å². The standard InChI is InChI=1S/C18H19F3N2O3S/c1-3-25-14-7-6-13(9-15(14)26-4-2)23-16(24)11-27-17-8-5-12(10-22-17)18(19,20)21/h5-10H,3-4,11H2,1-2H3,(H,23,24). The maximum absolute atomic E-state index is 12.5. The lowest BCUT2D eigenvalue weighted by Gasteiger charge is -2.13. The van der Waals surface area contributed by atoms with Gasteiger partial charge in [-0.25, -0.2) is 4.98 Å². The first-order valence-electron chi connectivity index (χ1n) is 8.19. The molecule has 1 N–H and O–H groups in total. The first-order valence-corrected chi connectivity index (χ1v) is 9.17. The minimum absolute atomic E-state index is 0.00947. The molecule has 27 heavy (non-hydrogen) atoms. The number of nitrogens with zero attached hydrogens (tertiary/aromatic N) is 1. The number of nitrogens with one attached hydrogen (secondary N) is 1. The van der Waals surface area contributed by atoms with Crippen molar-refractivity contribution in [1.29, 1.82) is 0 Å². The summed E-state index contributed by atoms with van der Waals surface area (Å²) >= 11 is 1.05. The third kappa shape index (κ3) is 6.35. The minimum Gasteiger partial charge on any atom is -0.490 e. The van der Waals surface area contributed by atoms with Crippen molar-refractivity contribution in [3.8, 4) is 11.5 Å². The number of benzene rings is 1. The molecule has 0 atom stereocenters. The highest BCUT2D eigenvalue weighted by Gasteiger charge is 2.30. The maximum atomic E-state index is 12.5. The number of alkyl halides is 3. The summed E-state index contributed by atoms with van der Waals surface area (Å²) in [4.78, 5) is 15.8. The van der Waals surface area contributed by atoms with Gasteiger partial charge >= 0.3 is 6.18 Å². The topological polar surface area (TPSA) is 60.5 Å². The largest absolute Gasteiger partial charge is 0.490 e. The van der Waals surface area contributed by atoms with Crippen molar-refractivity contribution in [2.75, 3.05) is 24.3 Å². The van der Waals surface area contributed by atoms with Crippen LogP contribution >= 0.6 is 11.8 Å². The molecule has 0 aliphatic heterocycles. The smallest absolute Gasteiger partial charge is 0.417 e. The van der Waals surface area contributed by atoms with E-state index in [-0.39, 0.29) is 11.7 Å². The second kappa shape index (κ2) is 9.50. The Labute approximate surface area is 159 Å². The van der Waals surface area contributed by atoms with Crippen molar-refractivity contribution in [2.45, 2.75) is 25.0 Å². The van der Waals surface area contributed by atoms with Gasteiger partial charge in [0, 0.05) is 18.0 Å². The van der Waals surface area contributed by atoms with Crippen LogP contribution in [-0.4, -0.2) is 29.9 Å². The highest BCUT2D eigenvalue weighted by molar-refractivity contribution is 7.99. The number of ether oxygens (including phenoxy) is 2. The van der Waals surface area contributed by atoms with Gasteiger partial charge in [0.1, 0.15) is 0 Å². The van der Waals surface area contributed by atoms with E-state index < -0.39 is 11.7 Å². The number of hydrogen-bond donors (Lipinski definition) is 1. The quantitative estimate of drug-likeness (QED) is 0.655. The zero-order chi connectivity index (χ0) is 19.9. The van der Waals surface area contributed by atoms with Crippen LogP contribution in [0.15, 0.2) is 41.6 Å². The Bertz CT molecular complexity index is 767. The zero-order valence-corrected chi connectivity index (χ0v) is 15.6. The third-order valence-corrected chi connectivity index (χ3v) is 4.19. The van der Waals surface area contributed by atoms with E-state index in [2.05, 4.69) is 10.3 Å². The molecule has 2 rings (SSSR count). The first-order chi connectivity index (χ1) is 12.8. The molecule has 0 saturated carbocycles. The van der Waals surface area contributed by atoms with E-state index in [0.717, 1.165) is 24.0 Å². The van der Waals surface area contributed by atoms with Crippen LogP contribution in [0.1, 0.15) is 19.4 Å². The molecule has 5 nitrogen and oxygen atoms in total. The number of carbonyl (C=O) groups excluding carboxylic acids is 1. The number of halogens is 3. The average molecular weight is 400 g/mol. The van der Waals surface area contributed by atoms with Gasteiger partial charge in [0.2, 0.25) is 5.91 Å². The summed E-state index contributed by atoms with van der Waals surface area (Å²) < 4.78 is 48.5. The van der Waals surface area contributed by atoms with Crippen LogP contribution < -0.4 is 14.8 Å². The van der Waals surface area contributed by atoms with E-state index in [0.29, 0.717) is 35.4 Å². The van der Waals surface area contributed by atoms with E-state index in [1.54, 1.807) is 18.2 Å². The highest BCUT2D eigenvalue weighted by atomic mass is 32.2. The monoisotopic (exact) mass is 400 g/mol. The summed E-state index contributed by atoms with van der Waals surface area (Å²) in [7, 11) is 0. The molecule has 0 bridgehead atoms. The third-order valence-electron chi connectivity index (χ3n) is 3.24. The minimum atomic E-state index is -4.43. The summed E-state index contributed by atoms with van der Waals surface area (Å²) in [6.07, 6.45) is -3.68. The molecule has 1 aromatic carbocycles. The highest BCUT2D eigenvalue weighted by Crippen LogP contribution is 2.31. The van der Waals surface area contributed by atoms with E-state index in [4.69, 9.17) is 9.47 Å². The lowest BCUT2D eigenvalue weighted by molar-refractivity contribution is -0.137. The van der Waals surface area contributed by atoms with Gasteiger partial charge in [-0.15, -0.1) is 0 Å². The first kappa shape index (κ1) is 20.9. The molecule has 0 aliphatic rings. The van der Waals surface area contributed by atoms with Crippen LogP contribution in [0.25, 0.3) is 0 Å². The Kier molecular flexibility index (Phi) is 7.35. The van der Waals surface area contributed by atoms with Crippen LogP contribution in [0.4, 0.5) is 18.9 Å². The van der Waals surface area contributed by atoms with Gasteiger partial charge < -0.3 is 14.8 Å².